The van der Waals surface area contributed by atoms with Gasteiger partial charge in [-0.1, -0.05) is 12.1 Å². The molecule has 1 amide bonds. The Kier molecular flexibility index (Phi) is 6.42. The molecule has 1 N–H and O–H groups in total. The van der Waals surface area contributed by atoms with Crippen LogP contribution in [0.3, 0.4) is 0 Å². The SMILES string of the molecule is COc1cc(/C=N\NC(=O)c2ccccc2F)cc(OC)c1OC(F)F. The third-order valence-corrected chi connectivity index (χ3v) is 3.19. The van der Waals surface area contributed by atoms with Crippen molar-refractivity contribution in [3.8, 4) is 17.2 Å². The minimum absolute atomic E-state index is 0.00784. The van der Waals surface area contributed by atoms with E-state index in [2.05, 4.69) is 15.3 Å². The lowest BCUT2D eigenvalue weighted by Crippen LogP contribution is -2.18. The summed E-state index contributed by atoms with van der Waals surface area (Å²) in [6.07, 6.45) is 1.22. The summed E-state index contributed by atoms with van der Waals surface area (Å²) in [6, 6.07) is 8.15. The van der Waals surface area contributed by atoms with E-state index in [0.717, 1.165) is 6.07 Å². The van der Waals surface area contributed by atoms with Gasteiger partial charge in [0.05, 0.1) is 26.0 Å². The second-order valence-electron chi connectivity index (χ2n) is 4.81. The lowest BCUT2D eigenvalue weighted by Gasteiger charge is -2.14. The Morgan fingerprint density at radius 3 is 2.31 bits per heavy atom. The van der Waals surface area contributed by atoms with Crippen LogP contribution in [0.2, 0.25) is 0 Å². The highest BCUT2D eigenvalue weighted by Gasteiger charge is 2.17. The van der Waals surface area contributed by atoms with E-state index in [1.54, 1.807) is 0 Å². The Labute approximate surface area is 147 Å². The van der Waals surface area contributed by atoms with Crippen molar-refractivity contribution in [1.82, 2.24) is 5.43 Å². The highest BCUT2D eigenvalue weighted by molar-refractivity contribution is 5.95. The predicted octanol–water partition coefficient (Wildman–Crippen LogP) is 3.21. The number of amides is 1. The van der Waals surface area contributed by atoms with Crippen molar-refractivity contribution >= 4 is 12.1 Å². The lowest BCUT2D eigenvalue weighted by molar-refractivity contribution is -0.0526. The smallest absolute Gasteiger partial charge is 0.387 e. The van der Waals surface area contributed by atoms with Gasteiger partial charge >= 0.3 is 6.61 Å². The van der Waals surface area contributed by atoms with Crippen LogP contribution in [0.5, 0.6) is 17.2 Å². The molecule has 0 atom stereocenters. The number of hydrogen-bond acceptors (Lipinski definition) is 5. The lowest BCUT2D eigenvalue weighted by atomic mass is 10.2. The van der Waals surface area contributed by atoms with Gasteiger partial charge in [0, 0.05) is 5.56 Å². The van der Waals surface area contributed by atoms with Crippen LogP contribution in [-0.2, 0) is 0 Å². The van der Waals surface area contributed by atoms with E-state index in [9.17, 15) is 18.0 Å². The van der Waals surface area contributed by atoms with Gasteiger partial charge in [0.25, 0.3) is 5.91 Å². The van der Waals surface area contributed by atoms with Crippen molar-refractivity contribution in [2.75, 3.05) is 14.2 Å². The van der Waals surface area contributed by atoms with Gasteiger partial charge in [0.15, 0.2) is 11.5 Å². The summed E-state index contributed by atoms with van der Waals surface area (Å²) in [6.45, 7) is -3.06. The Hall–Kier alpha value is -3.23. The van der Waals surface area contributed by atoms with Crippen LogP contribution >= 0.6 is 0 Å². The van der Waals surface area contributed by atoms with E-state index in [4.69, 9.17) is 9.47 Å². The molecule has 0 bridgehead atoms. The van der Waals surface area contributed by atoms with Gasteiger partial charge in [-0.3, -0.25) is 4.79 Å². The molecule has 2 rings (SSSR count). The van der Waals surface area contributed by atoms with E-state index in [-0.39, 0.29) is 22.8 Å². The third-order valence-electron chi connectivity index (χ3n) is 3.19. The Morgan fingerprint density at radius 1 is 1.15 bits per heavy atom. The summed E-state index contributed by atoms with van der Waals surface area (Å²) < 4.78 is 52.9. The zero-order chi connectivity index (χ0) is 19.1. The fourth-order valence-corrected chi connectivity index (χ4v) is 2.05. The summed E-state index contributed by atoms with van der Waals surface area (Å²) in [7, 11) is 2.54. The number of alkyl halides is 2. The second-order valence-corrected chi connectivity index (χ2v) is 4.81. The maximum atomic E-state index is 13.5. The number of nitrogens with one attached hydrogen (secondary N) is 1. The molecule has 2 aromatic carbocycles. The van der Waals surface area contributed by atoms with E-state index >= 15 is 0 Å². The summed E-state index contributed by atoms with van der Waals surface area (Å²) in [4.78, 5) is 11.9. The van der Waals surface area contributed by atoms with Gasteiger partial charge in [-0.15, -0.1) is 0 Å². The number of benzene rings is 2. The first-order valence-corrected chi connectivity index (χ1v) is 7.25. The van der Waals surface area contributed by atoms with Crippen LogP contribution in [-0.4, -0.2) is 33.0 Å². The maximum absolute atomic E-state index is 13.5. The van der Waals surface area contributed by atoms with Gasteiger partial charge in [0.2, 0.25) is 5.75 Å². The number of nitrogens with zero attached hydrogens (tertiary/aromatic N) is 1. The number of hydrazone groups is 1. The molecule has 0 heterocycles. The van der Waals surface area contributed by atoms with Gasteiger partial charge in [-0.25, -0.2) is 9.82 Å². The third kappa shape index (κ3) is 4.65. The van der Waals surface area contributed by atoms with Gasteiger partial charge < -0.3 is 14.2 Å². The second kappa shape index (κ2) is 8.75. The van der Waals surface area contributed by atoms with Crippen LogP contribution in [0.15, 0.2) is 41.5 Å². The van der Waals surface area contributed by atoms with E-state index in [1.807, 2.05) is 0 Å². The van der Waals surface area contributed by atoms with E-state index < -0.39 is 18.3 Å². The molecular formula is C17H15F3N2O4. The molecule has 0 aliphatic rings. The summed E-state index contributed by atoms with van der Waals surface area (Å²) in [5, 5.41) is 3.71. The van der Waals surface area contributed by atoms with Crippen molar-refractivity contribution in [1.29, 1.82) is 0 Å². The Bertz CT molecular complexity index is 787. The molecule has 0 saturated heterocycles. The normalized spacial score (nSPS) is 10.8. The first-order valence-electron chi connectivity index (χ1n) is 7.25. The zero-order valence-corrected chi connectivity index (χ0v) is 13.8. The molecule has 26 heavy (non-hydrogen) atoms. The van der Waals surface area contributed by atoms with Crippen molar-refractivity contribution in [3.05, 3.63) is 53.3 Å². The Balaban J connectivity index is 2.19. The average Bonchev–Trinajstić information content (AvgIpc) is 2.62. The molecule has 0 aliphatic heterocycles. The van der Waals surface area contributed by atoms with Crippen molar-refractivity contribution in [2.45, 2.75) is 6.61 Å². The van der Waals surface area contributed by atoms with Crippen molar-refractivity contribution in [3.63, 3.8) is 0 Å². The number of methoxy groups -OCH3 is 2. The Morgan fingerprint density at radius 2 is 1.77 bits per heavy atom. The highest BCUT2D eigenvalue weighted by atomic mass is 19.3. The van der Waals surface area contributed by atoms with Crippen LogP contribution in [0, 0.1) is 5.82 Å². The molecule has 0 fully saturated rings. The largest absolute Gasteiger partial charge is 0.493 e. The van der Waals surface area contributed by atoms with Crippen LogP contribution in [0.4, 0.5) is 13.2 Å². The quantitative estimate of drug-likeness (QED) is 0.602. The number of carbonyl (C=O) groups is 1. The molecule has 0 saturated carbocycles. The fraction of sp³-hybridized carbons (Fsp3) is 0.176. The molecule has 0 aliphatic carbocycles. The minimum atomic E-state index is -3.06. The topological polar surface area (TPSA) is 69.2 Å². The summed E-state index contributed by atoms with van der Waals surface area (Å²) in [5.41, 5.74) is 2.37. The molecule has 0 spiro atoms. The molecular weight excluding hydrogens is 353 g/mol. The number of hydrogen-bond donors (Lipinski definition) is 1. The van der Waals surface area contributed by atoms with Crippen molar-refractivity contribution in [2.24, 2.45) is 5.10 Å². The van der Waals surface area contributed by atoms with E-state index in [1.165, 1.54) is 50.8 Å². The molecule has 0 unspecified atom stereocenters. The molecule has 6 nitrogen and oxygen atoms in total. The number of halogens is 3. The van der Waals surface area contributed by atoms with Gasteiger partial charge in [-0.05, 0) is 24.3 Å². The van der Waals surface area contributed by atoms with Crippen LogP contribution < -0.4 is 19.6 Å². The summed E-state index contributed by atoms with van der Waals surface area (Å²) >= 11 is 0. The van der Waals surface area contributed by atoms with Crippen molar-refractivity contribution < 1.29 is 32.2 Å². The van der Waals surface area contributed by atoms with E-state index in [0.29, 0.717) is 5.56 Å². The summed E-state index contributed by atoms with van der Waals surface area (Å²) in [5.74, 6) is -1.71. The highest BCUT2D eigenvalue weighted by Crippen LogP contribution is 2.39. The average molecular weight is 368 g/mol. The first kappa shape index (κ1) is 19.1. The standard InChI is InChI=1S/C17H15F3N2O4/c1-24-13-7-10(8-14(25-2)15(13)26-17(19)20)9-21-22-16(23)11-5-3-4-6-12(11)18/h3-9,17H,1-2H3,(H,22,23)/b21-9-. The maximum Gasteiger partial charge on any atom is 0.387 e. The minimum Gasteiger partial charge on any atom is -0.493 e. The van der Waals surface area contributed by atoms with Crippen LogP contribution in [0.1, 0.15) is 15.9 Å². The number of rotatable bonds is 7. The fourth-order valence-electron chi connectivity index (χ4n) is 2.05. The number of carbonyl (C=O) groups excluding carboxylic acids is 1. The monoisotopic (exact) mass is 368 g/mol. The molecule has 0 aromatic heterocycles. The molecule has 2 aromatic rings. The van der Waals surface area contributed by atoms with Gasteiger partial charge in [-0.2, -0.15) is 13.9 Å². The zero-order valence-electron chi connectivity index (χ0n) is 13.8. The molecule has 138 valence electrons. The molecule has 0 radical (unpaired) electrons. The van der Waals surface area contributed by atoms with Crippen LogP contribution in [0.25, 0.3) is 0 Å². The van der Waals surface area contributed by atoms with Gasteiger partial charge in [0.1, 0.15) is 5.82 Å². The molecule has 9 heteroatoms. The number of ether oxygens (including phenoxy) is 3. The predicted molar refractivity (Wildman–Crippen MR) is 87.6 cm³/mol. The first-order chi connectivity index (χ1) is 12.5.